The molecule has 4 bridgehead atoms. The maximum atomic E-state index is 2.95. The second kappa shape index (κ2) is 24.2. The van der Waals surface area contributed by atoms with Gasteiger partial charge in [0.25, 0.3) is 6.71 Å². The average Bonchev–Trinajstić information content (AvgIpc) is 0.689. The van der Waals surface area contributed by atoms with E-state index in [9.17, 15) is 0 Å². The number of para-hydroxylation sites is 3. The number of rotatable bonds is 10. The van der Waals surface area contributed by atoms with Gasteiger partial charge in [0.05, 0.1) is 11.4 Å². The molecule has 2 saturated heterocycles. The second-order valence-corrected chi connectivity index (χ2v) is 32.2. The van der Waals surface area contributed by atoms with Gasteiger partial charge in [-0.2, -0.15) is 0 Å². The molecule has 0 unspecified atom stereocenters. The zero-order chi connectivity index (χ0) is 68.9. The lowest BCUT2D eigenvalue weighted by atomic mass is 9.31. The van der Waals surface area contributed by atoms with Crippen LogP contribution < -0.4 is 52.4 Å². The third-order valence-corrected chi connectivity index (χ3v) is 25.2. The van der Waals surface area contributed by atoms with Gasteiger partial charge < -0.3 is 19.6 Å². The molecule has 0 spiro atoms. The summed E-state index contributed by atoms with van der Waals surface area (Å²) in [7, 11) is 0. The van der Waals surface area contributed by atoms with Crippen molar-refractivity contribution in [3.63, 3.8) is 0 Å². The predicted molar refractivity (Wildman–Crippen MR) is 442 cm³/mol. The number of anilines is 10. The summed E-state index contributed by atoms with van der Waals surface area (Å²) in [6.07, 6.45) is 6.47. The van der Waals surface area contributed by atoms with Crippen molar-refractivity contribution >= 4 is 115 Å². The molecule has 0 radical (unpaired) electrons. The van der Waals surface area contributed by atoms with E-state index in [1.807, 2.05) is 11.8 Å². The van der Waals surface area contributed by atoms with Crippen LogP contribution in [0.25, 0.3) is 66.8 Å². The molecule has 104 heavy (non-hydrogen) atoms. The van der Waals surface area contributed by atoms with Gasteiger partial charge in [0, 0.05) is 89.6 Å². The van der Waals surface area contributed by atoms with Gasteiger partial charge in [0.15, 0.2) is 0 Å². The smallest absolute Gasteiger partial charge is 0.252 e. The molecule has 6 heterocycles. The van der Waals surface area contributed by atoms with Crippen molar-refractivity contribution in [3.8, 4) is 66.8 Å². The predicted octanol–water partition coefficient (Wildman–Crippen LogP) is 21.6. The minimum atomic E-state index is -0.194. The fraction of sp³-hybridized carbons (Fsp3) is 0.134. The van der Waals surface area contributed by atoms with Crippen LogP contribution in [-0.2, 0) is 5.41 Å². The van der Waals surface area contributed by atoms with Gasteiger partial charge in [-0.05, 0) is 206 Å². The number of benzene rings is 14. The van der Waals surface area contributed by atoms with Gasteiger partial charge in [-0.3, -0.25) is 0 Å². The molecule has 8 aliphatic rings. The summed E-state index contributed by atoms with van der Waals surface area (Å²) in [5.74, 6) is 1.62. The van der Waals surface area contributed by atoms with Gasteiger partial charge in [0.1, 0.15) is 0 Å². The average molecular weight is 1350 g/mol. The molecule has 496 valence electrons. The fourth-order valence-corrected chi connectivity index (χ4v) is 20.9. The molecule has 4 nitrogen and oxygen atoms in total. The maximum Gasteiger partial charge on any atom is 0.252 e. The van der Waals surface area contributed by atoms with E-state index in [0.717, 1.165) is 11.8 Å². The molecule has 22 rings (SSSR count). The Morgan fingerprint density at radius 1 is 0.288 bits per heavy atom. The summed E-state index contributed by atoms with van der Waals surface area (Å²) in [6.45, 7) is 6.95. The van der Waals surface area contributed by atoms with Crippen LogP contribution in [0.4, 0.5) is 56.9 Å². The van der Waals surface area contributed by atoms with E-state index in [1.54, 1.807) is 0 Å². The lowest BCUT2D eigenvalue weighted by Crippen LogP contribution is -2.64. The van der Waals surface area contributed by atoms with Crippen LogP contribution in [0, 0.1) is 11.8 Å². The molecule has 14 aromatic carbocycles. The Kier molecular flexibility index (Phi) is 14.3. The van der Waals surface area contributed by atoms with Crippen molar-refractivity contribution in [2.75, 3.05) is 19.6 Å². The molecule has 6 aliphatic heterocycles. The first-order chi connectivity index (χ1) is 51.2. The lowest BCUT2D eigenvalue weighted by molar-refractivity contribution is 0.0900. The SMILES string of the molecule is CC(C)(C)c1cc2c3c(c1)N(c1c(-c4ccccc4)cc(-c4ccccc4)cc1-c1ccccc1)c1ccccc1B3c1cc3c(cc1S2)N(c1c(-c2ccccc2)cc(-c2ccccc2)cc1-c1ccccc1)c1cc(N2C4CC5CC(C4)CC2C5)cc2c1B3c1ccccc1N2c1ccccc1. The van der Waals surface area contributed by atoms with E-state index in [0.29, 0.717) is 12.1 Å². The molecular weight excluding hydrogens is 1270 g/mol. The Morgan fingerprint density at radius 2 is 0.673 bits per heavy atom. The van der Waals surface area contributed by atoms with Crippen LogP contribution in [0.2, 0.25) is 0 Å². The first-order valence-electron chi connectivity index (χ1n) is 37.5. The van der Waals surface area contributed by atoms with E-state index < -0.39 is 0 Å². The Balaban J connectivity index is 0.872. The Morgan fingerprint density at radius 3 is 1.13 bits per heavy atom. The Bertz CT molecular complexity index is 5580. The van der Waals surface area contributed by atoms with Gasteiger partial charge in [-0.15, -0.1) is 0 Å². The molecule has 0 atom stereocenters. The largest absolute Gasteiger partial charge is 0.365 e. The zero-order valence-corrected chi connectivity index (χ0v) is 59.6. The second-order valence-electron chi connectivity index (χ2n) is 31.1. The van der Waals surface area contributed by atoms with Crippen molar-refractivity contribution in [2.45, 2.75) is 80.2 Å². The van der Waals surface area contributed by atoms with Gasteiger partial charge in [-0.25, -0.2) is 0 Å². The van der Waals surface area contributed by atoms with Crippen molar-refractivity contribution in [1.82, 2.24) is 0 Å². The van der Waals surface area contributed by atoms with Crippen molar-refractivity contribution in [3.05, 3.63) is 327 Å². The zero-order valence-electron chi connectivity index (χ0n) is 58.8. The molecule has 2 saturated carbocycles. The summed E-state index contributed by atoms with van der Waals surface area (Å²) in [4.78, 5) is 13.7. The minimum Gasteiger partial charge on any atom is -0.365 e. The van der Waals surface area contributed by atoms with E-state index in [4.69, 9.17) is 0 Å². The molecule has 0 amide bonds. The van der Waals surface area contributed by atoms with Crippen LogP contribution in [0.3, 0.4) is 0 Å². The number of hydrogen-bond donors (Lipinski definition) is 0. The van der Waals surface area contributed by atoms with Crippen LogP contribution >= 0.6 is 11.8 Å². The maximum absolute atomic E-state index is 2.95. The third-order valence-electron chi connectivity index (χ3n) is 24.0. The molecule has 14 aromatic rings. The van der Waals surface area contributed by atoms with Crippen molar-refractivity contribution in [1.29, 1.82) is 0 Å². The fourth-order valence-electron chi connectivity index (χ4n) is 19.7. The molecule has 0 N–H and O–H groups in total. The molecule has 2 aliphatic carbocycles. The van der Waals surface area contributed by atoms with E-state index >= 15 is 0 Å². The van der Waals surface area contributed by atoms with Crippen LogP contribution in [0.15, 0.2) is 331 Å². The topological polar surface area (TPSA) is 13.0 Å². The summed E-state index contributed by atoms with van der Waals surface area (Å²) >= 11 is 1.99. The van der Waals surface area contributed by atoms with Crippen molar-refractivity contribution in [2.24, 2.45) is 11.8 Å². The number of piperidine rings is 2. The first kappa shape index (κ1) is 61.4. The van der Waals surface area contributed by atoms with Crippen LogP contribution in [0.1, 0.15) is 58.4 Å². The number of fused-ring (bicyclic) bond motifs is 8. The normalized spacial score (nSPS) is 17.6. The number of hydrogen-bond acceptors (Lipinski definition) is 5. The first-order valence-corrected chi connectivity index (χ1v) is 38.3. The standard InChI is InChI=1S/C97H76B2N4S/c1-97(2,3)72-56-88-94-92(57-72)104-91-61-87-83(60-84(91)99(94)82-44-26-28-46-86(82)102(88)95-77(66-33-15-6-16-34-66)52-70(64-29-11-4-12-30-64)53-78(95)67-35-17-7-18-36-67)98-81-43-25-27-45-85(81)101(73-41-23-10-24-42-73)89-58-76(100-74-48-62-47-63(50-74)51-75(100)49-62)59-90(93(89)98)103(87)96-79(68-37-19-8-20-38-68)54-71(65-31-13-5-14-32-65)55-80(96)69-39-21-9-22-40-69/h4-46,52-63,74-75H,47-51H2,1-3H3. The Labute approximate surface area is 616 Å². The quantitative estimate of drug-likeness (QED) is 0.126. The highest BCUT2D eigenvalue weighted by Gasteiger charge is 2.51. The third kappa shape index (κ3) is 9.83. The summed E-state index contributed by atoms with van der Waals surface area (Å²) in [6, 6.07) is 124. The molecule has 7 heteroatoms. The van der Waals surface area contributed by atoms with E-state index in [2.05, 4.69) is 362 Å². The van der Waals surface area contributed by atoms with E-state index in [-0.39, 0.29) is 18.8 Å². The van der Waals surface area contributed by atoms with Crippen molar-refractivity contribution < 1.29 is 0 Å². The number of nitrogens with zero attached hydrogens (tertiary/aromatic N) is 4. The molecule has 0 aromatic heterocycles. The van der Waals surface area contributed by atoms with Gasteiger partial charge >= 0.3 is 0 Å². The monoisotopic (exact) mass is 1350 g/mol. The highest BCUT2D eigenvalue weighted by atomic mass is 32.2. The highest BCUT2D eigenvalue weighted by Crippen LogP contribution is 2.58. The highest BCUT2D eigenvalue weighted by molar-refractivity contribution is 8.00. The summed E-state index contributed by atoms with van der Waals surface area (Å²) in [5, 5.41) is 0. The summed E-state index contributed by atoms with van der Waals surface area (Å²) in [5.41, 5.74) is 35.6. The van der Waals surface area contributed by atoms with Crippen LogP contribution in [0.5, 0.6) is 0 Å². The Hall–Kier alpha value is -11.2. The van der Waals surface area contributed by atoms with Crippen LogP contribution in [-0.4, -0.2) is 25.5 Å². The molecular formula is C97H76B2N4S. The molecule has 4 fully saturated rings. The van der Waals surface area contributed by atoms with Gasteiger partial charge in [-0.1, -0.05) is 281 Å². The lowest BCUT2D eigenvalue weighted by Gasteiger charge is -2.58. The minimum absolute atomic E-state index is 0.113. The summed E-state index contributed by atoms with van der Waals surface area (Å²) < 4.78 is 0. The van der Waals surface area contributed by atoms with E-state index in [1.165, 1.54) is 204 Å². The van der Waals surface area contributed by atoms with Gasteiger partial charge in [0.2, 0.25) is 6.71 Å².